The lowest BCUT2D eigenvalue weighted by molar-refractivity contribution is 0.0697. The fraction of sp³-hybridized carbons (Fsp3) is 0.188. The zero-order chi connectivity index (χ0) is 15.2. The van der Waals surface area contributed by atoms with Crippen LogP contribution in [-0.4, -0.2) is 22.8 Å². The normalized spacial score (nSPS) is 10.1. The molecule has 5 nitrogen and oxygen atoms in total. The second-order valence-corrected chi connectivity index (χ2v) is 4.47. The monoisotopic (exact) mass is 287 g/mol. The topological polar surface area (TPSA) is 78.8 Å². The summed E-state index contributed by atoms with van der Waals surface area (Å²) in [5.74, 6) is -0.411. The third-order valence-electron chi connectivity index (χ3n) is 2.93. The van der Waals surface area contributed by atoms with Gasteiger partial charge in [-0.15, -0.1) is 0 Å². The van der Waals surface area contributed by atoms with E-state index in [4.69, 9.17) is 9.84 Å². The Morgan fingerprint density at radius 2 is 2.05 bits per heavy atom. The number of phenolic OH excluding ortho intramolecular Hbond substituents is 1. The van der Waals surface area contributed by atoms with Crippen molar-refractivity contribution in [3.63, 3.8) is 0 Å². The van der Waals surface area contributed by atoms with Crippen molar-refractivity contribution in [2.24, 2.45) is 0 Å². The molecule has 2 aromatic carbocycles. The molecule has 0 heterocycles. The van der Waals surface area contributed by atoms with Gasteiger partial charge in [0.05, 0.1) is 12.2 Å². The maximum Gasteiger partial charge on any atom is 0.335 e. The number of anilines is 1. The Labute approximate surface area is 122 Å². The van der Waals surface area contributed by atoms with E-state index >= 15 is 0 Å². The van der Waals surface area contributed by atoms with Crippen LogP contribution in [0.25, 0.3) is 0 Å². The van der Waals surface area contributed by atoms with Crippen molar-refractivity contribution in [3.05, 3.63) is 53.6 Å². The first-order chi connectivity index (χ1) is 10.1. The van der Waals surface area contributed by atoms with Crippen LogP contribution < -0.4 is 10.1 Å². The van der Waals surface area contributed by atoms with Crippen LogP contribution in [0.5, 0.6) is 11.5 Å². The molecule has 0 spiro atoms. The minimum Gasteiger partial charge on any atom is -0.504 e. The first-order valence-electron chi connectivity index (χ1n) is 6.62. The Kier molecular flexibility index (Phi) is 4.66. The van der Waals surface area contributed by atoms with E-state index in [1.807, 2.05) is 6.92 Å². The molecule has 0 aliphatic rings. The predicted molar refractivity (Wildman–Crippen MR) is 80.0 cm³/mol. The van der Waals surface area contributed by atoms with E-state index in [0.717, 1.165) is 11.3 Å². The fourth-order valence-corrected chi connectivity index (χ4v) is 1.91. The Balaban J connectivity index is 2.07. The van der Waals surface area contributed by atoms with Gasteiger partial charge >= 0.3 is 5.97 Å². The second-order valence-electron chi connectivity index (χ2n) is 4.47. The van der Waals surface area contributed by atoms with E-state index in [2.05, 4.69) is 5.32 Å². The zero-order valence-electron chi connectivity index (χ0n) is 11.7. The smallest absolute Gasteiger partial charge is 0.335 e. The van der Waals surface area contributed by atoms with Gasteiger partial charge in [-0.3, -0.25) is 0 Å². The van der Waals surface area contributed by atoms with E-state index in [0.29, 0.717) is 18.9 Å². The summed E-state index contributed by atoms with van der Waals surface area (Å²) in [4.78, 5) is 10.9. The van der Waals surface area contributed by atoms with Gasteiger partial charge < -0.3 is 20.3 Å². The quantitative estimate of drug-likeness (QED) is 0.761. The van der Waals surface area contributed by atoms with Gasteiger partial charge in [0.2, 0.25) is 0 Å². The lowest BCUT2D eigenvalue weighted by atomic mass is 10.1. The summed E-state index contributed by atoms with van der Waals surface area (Å²) in [6.45, 7) is 2.83. The number of ether oxygens (including phenoxy) is 1. The number of rotatable bonds is 6. The van der Waals surface area contributed by atoms with Crippen molar-refractivity contribution in [3.8, 4) is 11.5 Å². The molecule has 0 saturated heterocycles. The van der Waals surface area contributed by atoms with Crippen LogP contribution in [0.4, 0.5) is 5.69 Å². The van der Waals surface area contributed by atoms with Gasteiger partial charge in [0.25, 0.3) is 0 Å². The Morgan fingerprint density at radius 3 is 2.76 bits per heavy atom. The molecule has 110 valence electrons. The Hall–Kier alpha value is -2.69. The van der Waals surface area contributed by atoms with Gasteiger partial charge in [-0.05, 0) is 42.8 Å². The van der Waals surface area contributed by atoms with Crippen LogP contribution in [0.2, 0.25) is 0 Å². The maximum absolute atomic E-state index is 10.9. The average molecular weight is 287 g/mol. The second kappa shape index (κ2) is 6.65. The molecule has 2 aromatic rings. The van der Waals surface area contributed by atoms with Gasteiger partial charge in [0.15, 0.2) is 11.5 Å². The number of phenols is 1. The molecular weight excluding hydrogens is 270 g/mol. The minimum atomic E-state index is -0.957. The Morgan fingerprint density at radius 1 is 1.24 bits per heavy atom. The van der Waals surface area contributed by atoms with E-state index in [1.54, 1.807) is 42.5 Å². The SMILES string of the molecule is CCOc1cc(CNc2cccc(C(=O)O)c2)ccc1O. The highest BCUT2D eigenvalue weighted by atomic mass is 16.5. The molecule has 0 fully saturated rings. The summed E-state index contributed by atoms with van der Waals surface area (Å²) in [5.41, 5.74) is 1.89. The third kappa shape index (κ3) is 3.89. The highest BCUT2D eigenvalue weighted by Gasteiger charge is 2.05. The van der Waals surface area contributed by atoms with E-state index in [9.17, 15) is 9.90 Å². The lowest BCUT2D eigenvalue weighted by Crippen LogP contribution is -2.02. The van der Waals surface area contributed by atoms with Gasteiger partial charge in [-0.25, -0.2) is 4.79 Å². The van der Waals surface area contributed by atoms with Crippen LogP contribution in [0.15, 0.2) is 42.5 Å². The summed E-state index contributed by atoms with van der Waals surface area (Å²) < 4.78 is 5.32. The number of carboxylic acids is 1. The van der Waals surface area contributed by atoms with Crippen molar-refractivity contribution in [2.75, 3.05) is 11.9 Å². The molecule has 3 N–H and O–H groups in total. The molecule has 0 unspecified atom stereocenters. The molecule has 0 aromatic heterocycles. The molecule has 0 amide bonds. The van der Waals surface area contributed by atoms with E-state index < -0.39 is 5.97 Å². The lowest BCUT2D eigenvalue weighted by Gasteiger charge is -2.10. The first-order valence-corrected chi connectivity index (χ1v) is 6.62. The molecule has 21 heavy (non-hydrogen) atoms. The van der Waals surface area contributed by atoms with Gasteiger partial charge in [0.1, 0.15) is 0 Å². The number of nitrogens with one attached hydrogen (secondary N) is 1. The van der Waals surface area contributed by atoms with E-state index in [-0.39, 0.29) is 11.3 Å². The molecule has 0 radical (unpaired) electrons. The zero-order valence-corrected chi connectivity index (χ0v) is 11.7. The molecule has 2 rings (SSSR count). The number of hydrogen-bond donors (Lipinski definition) is 3. The van der Waals surface area contributed by atoms with Crippen molar-refractivity contribution in [1.29, 1.82) is 0 Å². The highest BCUT2D eigenvalue weighted by molar-refractivity contribution is 5.88. The van der Waals surface area contributed by atoms with Crippen LogP contribution >= 0.6 is 0 Å². The van der Waals surface area contributed by atoms with Crippen molar-refractivity contribution in [2.45, 2.75) is 13.5 Å². The number of hydrogen-bond acceptors (Lipinski definition) is 4. The largest absolute Gasteiger partial charge is 0.504 e. The summed E-state index contributed by atoms with van der Waals surface area (Å²) >= 11 is 0. The van der Waals surface area contributed by atoms with Gasteiger partial charge in [-0.1, -0.05) is 12.1 Å². The molecule has 0 bridgehead atoms. The summed E-state index contributed by atoms with van der Waals surface area (Å²) in [6.07, 6.45) is 0. The van der Waals surface area contributed by atoms with Crippen LogP contribution in [-0.2, 0) is 6.54 Å². The maximum atomic E-state index is 10.9. The number of aromatic hydroxyl groups is 1. The fourth-order valence-electron chi connectivity index (χ4n) is 1.91. The minimum absolute atomic E-state index is 0.105. The van der Waals surface area contributed by atoms with E-state index in [1.165, 1.54) is 0 Å². The molecule has 0 aliphatic heterocycles. The molecule has 0 atom stereocenters. The number of carboxylic acid groups (broad SMARTS) is 1. The Bertz CT molecular complexity index is 640. The van der Waals surface area contributed by atoms with Crippen LogP contribution in [0.3, 0.4) is 0 Å². The molecule has 0 aliphatic carbocycles. The predicted octanol–water partition coefficient (Wildman–Crippen LogP) is 3.10. The molecule has 0 saturated carbocycles. The standard InChI is InChI=1S/C16H17NO4/c1-2-21-15-8-11(6-7-14(15)18)10-17-13-5-3-4-12(9-13)16(19)20/h3-9,17-18H,2,10H2,1H3,(H,19,20). The first kappa shape index (κ1) is 14.7. The van der Waals surface area contributed by atoms with Crippen LogP contribution in [0.1, 0.15) is 22.8 Å². The molecule has 5 heteroatoms. The van der Waals surface area contributed by atoms with Crippen molar-refractivity contribution < 1.29 is 19.7 Å². The number of benzene rings is 2. The highest BCUT2D eigenvalue weighted by Crippen LogP contribution is 2.27. The number of aromatic carboxylic acids is 1. The van der Waals surface area contributed by atoms with Gasteiger partial charge in [-0.2, -0.15) is 0 Å². The summed E-state index contributed by atoms with van der Waals surface area (Å²) in [7, 11) is 0. The van der Waals surface area contributed by atoms with Crippen molar-refractivity contribution in [1.82, 2.24) is 0 Å². The summed E-state index contributed by atoms with van der Waals surface area (Å²) in [5, 5.41) is 21.7. The number of carbonyl (C=O) groups is 1. The van der Waals surface area contributed by atoms with Crippen LogP contribution in [0, 0.1) is 0 Å². The third-order valence-corrected chi connectivity index (χ3v) is 2.93. The summed E-state index contributed by atoms with van der Waals surface area (Å²) in [6, 6.07) is 11.7. The average Bonchev–Trinajstić information content (AvgIpc) is 2.48. The molecular formula is C16H17NO4. The van der Waals surface area contributed by atoms with Gasteiger partial charge in [0, 0.05) is 12.2 Å². The van der Waals surface area contributed by atoms with Crippen molar-refractivity contribution >= 4 is 11.7 Å².